The Hall–Kier alpha value is -6.05. The molecule has 2 saturated carbocycles. The maximum absolute atomic E-state index is 15.6. The van der Waals surface area contributed by atoms with Crippen LogP contribution in [0, 0.1) is 17.8 Å². The maximum Gasteiger partial charge on any atom is 0.411 e. The minimum atomic E-state index is -4.59. The van der Waals surface area contributed by atoms with Crippen LogP contribution in [0.4, 0.5) is 37.8 Å². The first kappa shape index (κ1) is 45.7. The van der Waals surface area contributed by atoms with Crippen molar-refractivity contribution in [3.05, 3.63) is 65.4 Å². The molecule has 0 bridgehead atoms. The van der Waals surface area contributed by atoms with Gasteiger partial charge in [-0.1, -0.05) is 24.0 Å². The van der Waals surface area contributed by atoms with Crippen LogP contribution in [0.3, 0.4) is 0 Å². The van der Waals surface area contributed by atoms with E-state index in [-0.39, 0.29) is 85.3 Å². The van der Waals surface area contributed by atoms with Crippen molar-refractivity contribution in [3.8, 4) is 11.8 Å². The third-order valence-electron chi connectivity index (χ3n) is 13.7. The Kier molecular flexibility index (Phi) is 12.6. The molecule has 7 heterocycles. The van der Waals surface area contributed by atoms with E-state index >= 15 is 4.39 Å². The van der Waals surface area contributed by atoms with Crippen molar-refractivity contribution in [2.75, 3.05) is 56.2 Å². The Morgan fingerprint density at radius 2 is 1.82 bits per heavy atom. The number of piperidine rings is 2. The first-order chi connectivity index (χ1) is 32.8. The summed E-state index contributed by atoms with van der Waals surface area (Å²) in [5, 5.41) is 18.9. The van der Waals surface area contributed by atoms with Gasteiger partial charge < -0.3 is 19.7 Å². The van der Waals surface area contributed by atoms with E-state index < -0.39 is 55.0 Å². The van der Waals surface area contributed by atoms with Crippen LogP contribution in [-0.4, -0.2) is 127 Å². The van der Waals surface area contributed by atoms with Crippen LogP contribution in [-0.2, 0) is 19.1 Å². The smallest absolute Gasteiger partial charge is 0.377 e. The number of alkyl halides is 6. The number of para-hydroxylation sites is 1. The lowest BCUT2D eigenvalue weighted by atomic mass is 9.85. The van der Waals surface area contributed by atoms with Crippen LogP contribution in [0.25, 0.3) is 16.6 Å². The highest BCUT2D eigenvalue weighted by Crippen LogP contribution is 2.41. The lowest BCUT2D eigenvalue weighted by Gasteiger charge is -2.38. The molecule has 3 aliphatic heterocycles. The molecule has 22 heteroatoms. The molecule has 5 fully saturated rings. The lowest BCUT2D eigenvalue weighted by Crippen LogP contribution is -2.54. The predicted octanol–water partition coefficient (Wildman–Crippen LogP) is 6.30. The fourth-order valence-electron chi connectivity index (χ4n) is 10.0. The zero-order chi connectivity index (χ0) is 47.3. The SMILES string of the molecule is O=C1CCC(c2nn(C3CC3)c3c(C#CCO[C@H]4CCN(C[C@H]5CC[C@H](n6cc(NC(=O)c7cnn8ccc(N9CCOC[C@@H]9C(F)(F)F)nc78)c(C(F)F)n6)CC5)C[C@H]4F)cccc23)C(=O)N1. The number of imide groups is 1. The number of ether oxygens (including phenoxy) is 2. The molecule has 5 aromatic rings. The van der Waals surface area contributed by atoms with E-state index in [1.54, 1.807) is 0 Å². The summed E-state index contributed by atoms with van der Waals surface area (Å²) < 4.78 is 101. The molecule has 1 aromatic carbocycles. The second kappa shape index (κ2) is 18.8. The molecule has 2 N–H and O–H groups in total. The van der Waals surface area contributed by atoms with Crippen molar-refractivity contribution >= 4 is 45.8 Å². The van der Waals surface area contributed by atoms with Gasteiger partial charge in [0.15, 0.2) is 11.3 Å². The van der Waals surface area contributed by atoms with Gasteiger partial charge in [-0.05, 0) is 69.4 Å². The van der Waals surface area contributed by atoms with Crippen molar-refractivity contribution in [2.45, 2.75) is 107 Å². The minimum absolute atomic E-state index is 0.0376. The number of hydrogen-bond donors (Lipinski definition) is 2. The fourth-order valence-corrected chi connectivity index (χ4v) is 10.0. The van der Waals surface area contributed by atoms with Crippen LogP contribution in [0.2, 0.25) is 0 Å². The highest BCUT2D eigenvalue weighted by atomic mass is 19.4. The number of amides is 3. The molecular weight excluding hydrogens is 901 g/mol. The number of anilines is 2. The van der Waals surface area contributed by atoms with Gasteiger partial charge in [0.25, 0.3) is 12.3 Å². The van der Waals surface area contributed by atoms with E-state index in [0.717, 1.165) is 47.0 Å². The average molecular weight is 950 g/mol. The second-order valence-electron chi connectivity index (χ2n) is 18.3. The fraction of sp³-hybridized carbons (Fsp3) is 0.543. The number of aromatic nitrogens is 7. The number of nitrogens with zero attached hydrogens (tertiary/aromatic N) is 9. The van der Waals surface area contributed by atoms with E-state index in [0.29, 0.717) is 44.5 Å². The molecule has 4 atom stereocenters. The molecule has 2 aliphatic carbocycles. The first-order valence-electron chi connectivity index (χ1n) is 23.0. The van der Waals surface area contributed by atoms with Gasteiger partial charge in [0.1, 0.15) is 30.2 Å². The highest BCUT2D eigenvalue weighted by Gasteiger charge is 2.46. The Morgan fingerprint density at radius 3 is 2.57 bits per heavy atom. The third kappa shape index (κ3) is 9.39. The van der Waals surface area contributed by atoms with Gasteiger partial charge in [-0.25, -0.2) is 22.7 Å². The quantitative estimate of drug-likeness (QED) is 0.0868. The monoisotopic (exact) mass is 949 g/mol. The van der Waals surface area contributed by atoms with E-state index in [1.165, 1.54) is 33.9 Å². The molecule has 5 aliphatic rings. The molecule has 16 nitrogen and oxygen atoms in total. The number of halogens is 6. The lowest BCUT2D eigenvalue weighted by molar-refractivity contribution is -0.167. The van der Waals surface area contributed by atoms with Crippen LogP contribution in [0.1, 0.15) is 110 Å². The van der Waals surface area contributed by atoms with E-state index in [1.807, 2.05) is 22.9 Å². The zero-order valence-corrected chi connectivity index (χ0v) is 36.8. The zero-order valence-electron chi connectivity index (χ0n) is 36.8. The number of rotatable bonds is 11. The van der Waals surface area contributed by atoms with E-state index in [9.17, 15) is 36.3 Å². The van der Waals surface area contributed by atoms with Crippen LogP contribution >= 0.6 is 0 Å². The van der Waals surface area contributed by atoms with Crippen LogP contribution in [0.5, 0.6) is 0 Å². The van der Waals surface area contributed by atoms with Crippen molar-refractivity contribution in [2.24, 2.45) is 5.92 Å². The number of hydrogen-bond acceptors (Lipinski definition) is 11. The molecular formula is C46H49F6N11O5. The molecule has 68 heavy (non-hydrogen) atoms. The number of nitrogens with one attached hydrogen (secondary N) is 2. The topological polar surface area (TPSA) is 166 Å². The van der Waals surface area contributed by atoms with Crippen LogP contribution < -0.4 is 15.5 Å². The largest absolute Gasteiger partial charge is 0.411 e. The molecule has 3 saturated heterocycles. The Labute approximate surface area is 385 Å². The molecule has 10 rings (SSSR count). The van der Waals surface area contributed by atoms with Gasteiger partial charge in [0.05, 0.1) is 66.0 Å². The van der Waals surface area contributed by atoms with Crippen molar-refractivity contribution in [3.63, 3.8) is 0 Å². The predicted molar refractivity (Wildman–Crippen MR) is 233 cm³/mol. The average Bonchev–Trinajstić information content (AvgIpc) is 3.74. The molecule has 1 unspecified atom stereocenters. The number of fused-ring (bicyclic) bond motifs is 2. The number of benzene rings is 1. The summed E-state index contributed by atoms with van der Waals surface area (Å²) in [6.07, 6.45) is 0.388. The Balaban J connectivity index is 0.718. The number of likely N-dealkylation sites (tertiary alicyclic amines) is 1. The van der Waals surface area contributed by atoms with Gasteiger partial charge in [-0.15, -0.1) is 0 Å². The third-order valence-corrected chi connectivity index (χ3v) is 13.7. The van der Waals surface area contributed by atoms with Gasteiger partial charge in [-0.3, -0.25) is 34.0 Å². The number of carbonyl (C=O) groups excluding carboxylic acids is 3. The van der Waals surface area contributed by atoms with Gasteiger partial charge >= 0.3 is 6.18 Å². The highest BCUT2D eigenvalue weighted by molar-refractivity contribution is 6.08. The number of carbonyl (C=O) groups is 3. The van der Waals surface area contributed by atoms with Gasteiger partial charge in [0.2, 0.25) is 11.8 Å². The molecule has 3 amide bonds. The summed E-state index contributed by atoms with van der Waals surface area (Å²) in [7, 11) is 0. The number of morpholine rings is 1. The summed E-state index contributed by atoms with van der Waals surface area (Å²) in [5.74, 6) is 4.52. The Morgan fingerprint density at radius 1 is 1.01 bits per heavy atom. The summed E-state index contributed by atoms with van der Waals surface area (Å²) in [6.45, 7) is 0.973. The molecule has 4 aromatic heterocycles. The standard InChI is InChI=1S/C46H49F6N11O5/c47-33-23-59(16-14-35(33)68-19-2-4-27-3-1-5-30-39(31-12-13-38(64)56-44(31)65)58-63(41(27)30)29-10-11-29)22-26-6-8-28(9-7-26)62-24-34(40(57-62)42(48)49)54-45(66)32-21-53-61-17-15-37(55-43(32)61)60-18-20-67-25-36(60)46(50,51)52/h1,3,5,15,17,21,24,26,28-29,31,33,35-36,42H,6-14,16,18-20,22-23,25H2,(H,54,66)(H,56,64,65)/t26-,28-,31?,33-,35+,36-/m1/s1. The summed E-state index contributed by atoms with van der Waals surface area (Å²) >= 11 is 0. The first-order valence-corrected chi connectivity index (χ1v) is 23.0. The summed E-state index contributed by atoms with van der Waals surface area (Å²) in [4.78, 5) is 45.5. The van der Waals surface area contributed by atoms with E-state index in [4.69, 9.17) is 14.6 Å². The summed E-state index contributed by atoms with van der Waals surface area (Å²) in [5.41, 5.74) is 1.26. The van der Waals surface area contributed by atoms with Crippen molar-refractivity contribution in [1.82, 2.24) is 44.4 Å². The second-order valence-corrected chi connectivity index (χ2v) is 18.3. The van der Waals surface area contributed by atoms with E-state index in [2.05, 4.69) is 42.6 Å². The normalized spacial score (nSPS) is 25.2. The molecule has 0 spiro atoms. The van der Waals surface area contributed by atoms with Crippen LogP contribution in [0.15, 0.2) is 42.9 Å². The Bertz CT molecular complexity index is 2770. The summed E-state index contributed by atoms with van der Waals surface area (Å²) in [6, 6.07) is 5.13. The molecule has 360 valence electrons. The van der Waals surface area contributed by atoms with Gasteiger partial charge in [-0.2, -0.15) is 28.5 Å². The molecule has 0 radical (unpaired) electrons. The van der Waals surface area contributed by atoms with Gasteiger partial charge in [0, 0.05) is 50.4 Å². The van der Waals surface area contributed by atoms with Crippen molar-refractivity contribution in [1.29, 1.82) is 0 Å². The minimum Gasteiger partial charge on any atom is -0.377 e. The maximum atomic E-state index is 15.6. The van der Waals surface area contributed by atoms with Crippen molar-refractivity contribution < 1.29 is 50.2 Å².